The third-order valence-corrected chi connectivity index (χ3v) is 3.76. The van der Waals surface area contributed by atoms with Crippen LogP contribution >= 0.6 is 11.3 Å². The van der Waals surface area contributed by atoms with Gasteiger partial charge in [-0.05, 0) is 19.1 Å². The number of amides is 1. The van der Waals surface area contributed by atoms with Crippen LogP contribution in [0.15, 0.2) is 35.8 Å². The summed E-state index contributed by atoms with van der Waals surface area (Å²) in [7, 11) is 1.58. The number of aromatic nitrogens is 4. The number of nitrogens with one attached hydrogen (secondary N) is 1. The predicted molar refractivity (Wildman–Crippen MR) is 82.7 cm³/mol. The lowest BCUT2D eigenvalue weighted by molar-refractivity contribution is 0.102. The van der Waals surface area contributed by atoms with Gasteiger partial charge in [-0.25, -0.2) is 9.67 Å². The van der Waals surface area contributed by atoms with Crippen LogP contribution in [0.25, 0.3) is 5.69 Å². The van der Waals surface area contributed by atoms with Crippen molar-refractivity contribution in [3.8, 4) is 11.4 Å². The molecular formula is C14H13N5O2S. The highest BCUT2D eigenvalue weighted by Gasteiger charge is 2.19. The quantitative estimate of drug-likeness (QED) is 0.799. The number of rotatable bonds is 4. The Labute approximate surface area is 130 Å². The number of nitrogens with zero attached hydrogens (tertiary/aromatic N) is 4. The molecule has 22 heavy (non-hydrogen) atoms. The lowest BCUT2D eigenvalue weighted by Crippen LogP contribution is -2.14. The maximum Gasteiger partial charge on any atom is 0.279 e. The highest BCUT2D eigenvalue weighted by Crippen LogP contribution is 2.23. The van der Waals surface area contributed by atoms with Crippen molar-refractivity contribution in [2.45, 2.75) is 6.92 Å². The smallest absolute Gasteiger partial charge is 0.279 e. The monoisotopic (exact) mass is 315 g/mol. The molecule has 3 rings (SSSR count). The van der Waals surface area contributed by atoms with E-state index < -0.39 is 0 Å². The number of carbonyl (C=O) groups is 1. The lowest BCUT2D eigenvalue weighted by Gasteiger charge is -2.08. The van der Waals surface area contributed by atoms with Crippen LogP contribution in [0.2, 0.25) is 0 Å². The van der Waals surface area contributed by atoms with Gasteiger partial charge >= 0.3 is 0 Å². The average Bonchev–Trinajstić information content (AvgIpc) is 3.16. The van der Waals surface area contributed by atoms with Gasteiger partial charge in [0.1, 0.15) is 11.4 Å². The van der Waals surface area contributed by atoms with Crippen LogP contribution in [-0.2, 0) is 0 Å². The van der Waals surface area contributed by atoms with E-state index in [1.165, 1.54) is 11.3 Å². The molecule has 0 saturated heterocycles. The first kappa shape index (κ1) is 14.2. The molecule has 1 aromatic carbocycles. The topological polar surface area (TPSA) is 81.9 Å². The Morgan fingerprint density at radius 2 is 2.18 bits per heavy atom. The molecule has 3 aromatic rings. The number of ether oxygens (including phenoxy) is 1. The SMILES string of the molecule is COc1ccccc1-n1nnc(C(=O)Nc2nccs2)c1C. The van der Waals surface area contributed by atoms with Crippen molar-refractivity contribution in [3.05, 3.63) is 47.2 Å². The van der Waals surface area contributed by atoms with Crippen molar-refractivity contribution in [1.82, 2.24) is 20.0 Å². The van der Waals surface area contributed by atoms with Crippen molar-refractivity contribution < 1.29 is 9.53 Å². The molecule has 1 amide bonds. The van der Waals surface area contributed by atoms with Crippen LogP contribution in [0, 0.1) is 6.92 Å². The Balaban J connectivity index is 1.93. The molecule has 0 saturated carbocycles. The van der Waals surface area contributed by atoms with E-state index in [-0.39, 0.29) is 11.6 Å². The molecule has 8 heteroatoms. The largest absolute Gasteiger partial charge is 0.494 e. The predicted octanol–water partition coefficient (Wildman–Crippen LogP) is 2.29. The summed E-state index contributed by atoms with van der Waals surface area (Å²) in [6, 6.07) is 7.41. The summed E-state index contributed by atoms with van der Waals surface area (Å²) in [6.45, 7) is 1.78. The summed E-state index contributed by atoms with van der Waals surface area (Å²) in [5, 5.41) is 13.0. The molecule has 7 nitrogen and oxygen atoms in total. The van der Waals surface area contributed by atoms with E-state index in [4.69, 9.17) is 4.74 Å². The van der Waals surface area contributed by atoms with Gasteiger partial charge in [0.15, 0.2) is 10.8 Å². The standard InChI is InChI=1S/C14H13N5O2S/c1-9-12(13(20)16-14-15-7-8-22-14)17-18-19(9)10-5-3-4-6-11(10)21-2/h3-8H,1-2H3,(H,15,16,20). The Bertz CT molecular complexity index is 797. The highest BCUT2D eigenvalue weighted by molar-refractivity contribution is 7.13. The molecule has 2 aromatic heterocycles. The van der Waals surface area contributed by atoms with Gasteiger partial charge in [-0.1, -0.05) is 17.3 Å². The van der Waals surface area contributed by atoms with E-state index in [1.807, 2.05) is 24.3 Å². The second-order valence-electron chi connectivity index (χ2n) is 4.40. The zero-order valence-corrected chi connectivity index (χ0v) is 12.8. The molecule has 0 aliphatic carbocycles. The second-order valence-corrected chi connectivity index (χ2v) is 5.29. The van der Waals surface area contributed by atoms with E-state index in [0.29, 0.717) is 16.6 Å². The lowest BCUT2D eigenvalue weighted by atomic mass is 10.2. The molecule has 0 fully saturated rings. The zero-order valence-electron chi connectivity index (χ0n) is 12.0. The van der Waals surface area contributed by atoms with Crippen molar-refractivity contribution in [1.29, 1.82) is 0 Å². The van der Waals surface area contributed by atoms with Gasteiger partial charge in [0.2, 0.25) is 0 Å². The minimum atomic E-state index is -0.339. The Morgan fingerprint density at radius 1 is 1.36 bits per heavy atom. The van der Waals surface area contributed by atoms with E-state index in [1.54, 1.807) is 30.3 Å². The van der Waals surface area contributed by atoms with Crippen LogP contribution < -0.4 is 10.1 Å². The molecule has 0 aliphatic rings. The van der Waals surface area contributed by atoms with Gasteiger partial charge in [-0.3, -0.25) is 10.1 Å². The zero-order chi connectivity index (χ0) is 15.5. The number of thiazole rings is 1. The molecule has 0 aliphatic heterocycles. The van der Waals surface area contributed by atoms with Crippen molar-refractivity contribution in [2.75, 3.05) is 12.4 Å². The molecule has 1 N–H and O–H groups in total. The van der Waals surface area contributed by atoms with Crippen LogP contribution in [-0.4, -0.2) is 33.0 Å². The summed E-state index contributed by atoms with van der Waals surface area (Å²) < 4.78 is 6.89. The molecule has 0 spiro atoms. The maximum atomic E-state index is 12.2. The normalized spacial score (nSPS) is 10.5. The average molecular weight is 315 g/mol. The van der Waals surface area contributed by atoms with Gasteiger partial charge in [0.25, 0.3) is 5.91 Å². The van der Waals surface area contributed by atoms with E-state index in [9.17, 15) is 4.79 Å². The molecule has 0 atom stereocenters. The fraction of sp³-hybridized carbons (Fsp3) is 0.143. The molecule has 0 unspecified atom stereocenters. The Kier molecular flexibility index (Phi) is 3.84. The Hall–Kier alpha value is -2.74. The number of anilines is 1. The third kappa shape index (κ3) is 2.56. The van der Waals surface area contributed by atoms with Crippen LogP contribution in [0.1, 0.15) is 16.2 Å². The van der Waals surface area contributed by atoms with Crippen LogP contribution in [0.3, 0.4) is 0 Å². The number of benzene rings is 1. The first-order valence-electron chi connectivity index (χ1n) is 6.47. The fourth-order valence-electron chi connectivity index (χ4n) is 2.01. The van der Waals surface area contributed by atoms with Crippen LogP contribution in [0.5, 0.6) is 5.75 Å². The summed E-state index contributed by atoms with van der Waals surface area (Å²) in [4.78, 5) is 16.3. The number of carbonyl (C=O) groups excluding carboxylic acids is 1. The van der Waals surface area contributed by atoms with Crippen molar-refractivity contribution in [3.63, 3.8) is 0 Å². The molecule has 112 valence electrons. The molecule has 0 radical (unpaired) electrons. The van der Waals surface area contributed by atoms with Gasteiger partial charge < -0.3 is 4.74 Å². The van der Waals surface area contributed by atoms with Crippen LogP contribution in [0.4, 0.5) is 5.13 Å². The van der Waals surface area contributed by atoms with E-state index in [2.05, 4.69) is 20.6 Å². The molecular weight excluding hydrogens is 302 g/mol. The first-order chi connectivity index (χ1) is 10.7. The first-order valence-corrected chi connectivity index (χ1v) is 7.35. The molecule has 2 heterocycles. The summed E-state index contributed by atoms with van der Waals surface area (Å²) in [5.41, 5.74) is 1.60. The fourth-order valence-corrected chi connectivity index (χ4v) is 2.54. The van der Waals surface area contributed by atoms with Gasteiger partial charge in [0.05, 0.1) is 12.8 Å². The highest BCUT2D eigenvalue weighted by atomic mass is 32.1. The minimum Gasteiger partial charge on any atom is -0.494 e. The number of hydrogen-bond donors (Lipinski definition) is 1. The third-order valence-electron chi connectivity index (χ3n) is 3.08. The van der Waals surface area contributed by atoms with Gasteiger partial charge in [0, 0.05) is 11.6 Å². The molecule has 0 bridgehead atoms. The second kappa shape index (κ2) is 5.94. The minimum absolute atomic E-state index is 0.251. The van der Waals surface area contributed by atoms with Crippen molar-refractivity contribution in [2.24, 2.45) is 0 Å². The summed E-state index contributed by atoms with van der Waals surface area (Å²) in [5.74, 6) is 0.316. The van der Waals surface area contributed by atoms with E-state index in [0.717, 1.165) is 5.69 Å². The Morgan fingerprint density at radius 3 is 2.91 bits per heavy atom. The number of para-hydroxylation sites is 2. The number of hydrogen-bond acceptors (Lipinski definition) is 6. The summed E-state index contributed by atoms with van der Waals surface area (Å²) in [6.07, 6.45) is 1.62. The number of methoxy groups -OCH3 is 1. The van der Waals surface area contributed by atoms with Gasteiger partial charge in [-0.2, -0.15) is 0 Å². The van der Waals surface area contributed by atoms with Gasteiger partial charge in [-0.15, -0.1) is 16.4 Å². The summed E-state index contributed by atoms with van der Waals surface area (Å²) >= 11 is 1.34. The van der Waals surface area contributed by atoms with Crippen molar-refractivity contribution >= 4 is 22.4 Å². The van der Waals surface area contributed by atoms with E-state index >= 15 is 0 Å². The maximum absolute atomic E-state index is 12.2.